The van der Waals surface area contributed by atoms with Gasteiger partial charge in [-0.15, -0.1) is 0 Å². The molecule has 2 heterocycles. The molecule has 3 fully saturated rings. The summed E-state index contributed by atoms with van der Waals surface area (Å²) in [4.78, 5) is 7.09. The van der Waals surface area contributed by atoms with E-state index in [0.717, 1.165) is 48.6 Å². The number of benzene rings is 1. The molecule has 2 saturated heterocycles. The number of hydrogen-bond donors (Lipinski definition) is 1. The summed E-state index contributed by atoms with van der Waals surface area (Å²) in [5, 5.41) is 2.73. The van der Waals surface area contributed by atoms with Crippen molar-refractivity contribution >= 4 is 26.9 Å². The van der Waals surface area contributed by atoms with Crippen molar-refractivity contribution < 1.29 is 17.9 Å². The molecule has 0 radical (unpaired) electrons. The standard InChI is InChI=1S/C23H31N3O4S/c1-3-18(15-24-17(2)25-20-4-5-20)19-12-21(26-7-10-29-11-8-26)14-23(13-19)31(27,28)22-6-9-30-16-22/h3,12-15,20,22H,1,4-11,16H2,2H3,(H,24,25)/b18-15+. The highest BCUT2D eigenvalue weighted by molar-refractivity contribution is 7.92. The fraction of sp³-hybridized carbons (Fsp3) is 0.522. The van der Waals surface area contributed by atoms with E-state index in [-0.39, 0.29) is 6.61 Å². The van der Waals surface area contributed by atoms with E-state index in [0.29, 0.717) is 37.2 Å². The maximum absolute atomic E-state index is 13.3. The van der Waals surface area contributed by atoms with Gasteiger partial charge in [0, 0.05) is 31.6 Å². The van der Waals surface area contributed by atoms with Crippen LogP contribution in [0.25, 0.3) is 5.57 Å². The molecule has 0 amide bonds. The van der Waals surface area contributed by atoms with Gasteiger partial charge in [0.15, 0.2) is 9.84 Å². The Hall–Kier alpha value is -2.16. The number of morpholine rings is 1. The van der Waals surface area contributed by atoms with Crippen LogP contribution in [-0.4, -0.2) is 65.1 Å². The first kappa shape index (κ1) is 22.0. The van der Waals surface area contributed by atoms with E-state index in [2.05, 4.69) is 21.8 Å². The van der Waals surface area contributed by atoms with Crippen molar-refractivity contribution in [2.24, 2.45) is 4.99 Å². The van der Waals surface area contributed by atoms with Gasteiger partial charge >= 0.3 is 0 Å². The SMILES string of the molecule is C=C/C(=C\NC(C)=NC1CC1)c1cc(N2CCOCC2)cc(S(=O)(=O)C2CCOC2)c1. The zero-order chi connectivity index (χ0) is 21.8. The van der Waals surface area contributed by atoms with Gasteiger partial charge in [-0.1, -0.05) is 12.7 Å². The molecule has 1 saturated carbocycles. The van der Waals surface area contributed by atoms with E-state index in [4.69, 9.17) is 9.47 Å². The minimum absolute atomic E-state index is 0.252. The Labute approximate surface area is 184 Å². The van der Waals surface area contributed by atoms with E-state index in [1.54, 1.807) is 18.2 Å². The third-order valence-corrected chi connectivity index (χ3v) is 7.98. The predicted molar refractivity (Wildman–Crippen MR) is 123 cm³/mol. The summed E-state index contributed by atoms with van der Waals surface area (Å²) >= 11 is 0. The van der Waals surface area contributed by atoms with Crippen molar-refractivity contribution in [1.29, 1.82) is 0 Å². The molecule has 168 valence electrons. The minimum Gasteiger partial charge on any atom is -0.380 e. The molecular formula is C23H31N3O4S. The summed E-state index contributed by atoms with van der Waals surface area (Å²) in [6.07, 6.45) is 6.41. The second kappa shape index (κ2) is 9.54. The van der Waals surface area contributed by atoms with Crippen LogP contribution in [-0.2, 0) is 19.3 Å². The molecule has 2 aliphatic heterocycles. The van der Waals surface area contributed by atoms with Crippen molar-refractivity contribution in [2.45, 2.75) is 42.4 Å². The zero-order valence-electron chi connectivity index (χ0n) is 18.0. The molecule has 1 unspecified atom stereocenters. The lowest BCUT2D eigenvalue weighted by Crippen LogP contribution is -2.36. The third-order valence-electron chi connectivity index (χ3n) is 5.84. The Bertz CT molecular complexity index is 971. The normalized spacial score (nSPS) is 23.1. The number of anilines is 1. The van der Waals surface area contributed by atoms with E-state index < -0.39 is 15.1 Å². The topological polar surface area (TPSA) is 80.2 Å². The van der Waals surface area contributed by atoms with Crippen LogP contribution in [0.5, 0.6) is 0 Å². The highest BCUT2D eigenvalue weighted by Crippen LogP contribution is 2.31. The van der Waals surface area contributed by atoms with Gasteiger partial charge in [0.25, 0.3) is 0 Å². The largest absolute Gasteiger partial charge is 0.380 e. The van der Waals surface area contributed by atoms with Crippen LogP contribution in [0.2, 0.25) is 0 Å². The lowest BCUT2D eigenvalue weighted by atomic mass is 10.1. The summed E-state index contributed by atoms with van der Waals surface area (Å²) in [5.41, 5.74) is 2.51. The highest BCUT2D eigenvalue weighted by Gasteiger charge is 2.32. The number of ether oxygens (including phenoxy) is 2. The molecule has 8 heteroatoms. The molecule has 0 spiro atoms. The number of sulfone groups is 1. The first-order valence-corrected chi connectivity index (χ1v) is 12.5. The van der Waals surface area contributed by atoms with Crippen LogP contribution in [0.3, 0.4) is 0 Å². The average Bonchev–Trinajstić information content (AvgIpc) is 3.41. The van der Waals surface area contributed by atoms with E-state index >= 15 is 0 Å². The van der Waals surface area contributed by atoms with Gasteiger partial charge in [-0.3, -0.25) is 4.99 Å². The van der Waals surface area contributed by atoms with Crippen LogP contribution in [0.15, 0.2) is 46.9 Å². The second-order valence-electron chi connectivity index (χ2n) is 8.24. The molecule has 1 aromatic rings. The summed E-state index contributed by atoms with van der Waals surface area (Å²) < 4.78 is 37.5. The first-order chi connectivity index (χ1) is 15.0. The molecule has 1 aromatic carbocycles. The lowest BCUT2D eigenvalue weighted by Gasteiger charge is -2.30. The molecule has 4 rings (SSSR count). The summed E-state index contributed by atoms with van der Waals surface area (Å²) in [6.45, 7) is 9.35. The van der Waals surface area contributed by atoms with Gasteiger partial charge in [-0.2, -0.15) is 0 Å². The number of nitrogens with zero attached hydrogens (tertiary/aromatic N) is 2. The summed E-state index contributed by atoms with van der Waals surface area (Å²) in [7, 11) is -3.49. The van der Waals surface area contributed by atoms with Crippen molar-refractivity contribution in [1.82, 2.24) is 5.32 Å². The Balaban J connectivity index is 1.70. The van der Waals surface area contributed by atoms with Crippen LogP contribution in [0.1, 0.15) is 31.7 Å². The average molecular weight is 446 g/mol. The van der Waals surface area contributed by atoms with Gasteiger partial charge in [-0.25, -0.2) is 8.42 Å². The molecule has 31 heavy (non-hydrogen) atoms. The van der Waals surface area contributed by atoms with Gasteiger partial charge in [0.05, 0.1) is 41.8 Å². The lowest BCUT2D eigenvalue weighted by molar-refractivity contribution is 0.122. The quantitative estimate of drug-likeness (QED) is 0.395. The Kier molecular flexibility index (Phi) is 6.79. The maximum atomic E-state index is 13.3. The highest BCUT2D eigenvalue weighted by atomic mass is 32.2. The molecular weight excluding hydrogens is 414 g/mol. The van der Waals surface area contributed by atoms with Crippen LogP contribution < -0.4 is 10.2 Å². The number of allylic oxidation sites excluding steroid dienone is 2. The van der Waals surface area contributed by atoms with Gasteiger partial charge in [0.2, 0.25) is 0 Å². The molecule has 0 aromatic heterocycles. The van der Waals surface area contributed by atoms with Gasteiger partial charge in [0.1, 0.15) is 0 Å². The maximum Gasteiger partial charge on any atom is 0.183 e. The predicted octanol–water partition coefficient (Wildman–Crippen LogP) is 2.78. The van der Waals surface area contributed by atoms with E-state index in [9.17, 15) is 8.42 Å². The van der Waals surface area contributed by atoms with E-state index in [1.807, 2.05) is 19.2 Å². The zero-order valence-corrected chi connectivity index (χ0v) is 18.9. The first-order valence-electron chi connectivity index (χ1n) is 10.9. The second-order valence-corrected chi connectivity index (χ2v) is 10.5. The smallest absolute Gasteiger partial charge is 0.183 e. The van der Waals surface area contributed by atoms with Crippen molar-refractivity contribution in [2.75, 3.05) is 44.4 Å². The Morgan fingerprint density at radius 3 is 2.58 bits per heavy atom. The molecule has 1 atom stereocenters. The third kappa shape index (κ3) is 5.37. The summed E-state index contributed by atoms with van der Waals surface area (Å²) in [6, 6.07) is 6.00. The monoisotopic (exact) mass is 445 g/mol. The number of amidine groups is 1. The van der Waals surface area contributed by atoms with E-state index in [1.165, 1.54) is 0 Å². The molecule has 0 bridgehead atoms. The number of aliphatic imine (C=N–C) groups is 1. The molecule has 1 N–H and O–H groups in total. The Morgan fingerprint density at radius 1 is 1.16 bits per heavy atom. The van der Waals surface area contributed by atoms with Crippen LogP contribution in [0.4, 0.5) is 5.69 Å². The molecule has 1 aliphatic carbocycles. The fourth-order valence-corrected chi connectivity index (χ4v) is 5.47. The van der Waals surface area contributed by atoms with Crippen LogP contribution >= 0.6 is 0 Å². The minimum atomic E-state index is -3.49. The van der Waals surface area contributed by atoms with Crippen LogP contribution in [0, 0.1) is 0 Å². The summed E-state index contributed by atoms with van der Waals surface area (Å²) in [5.74, 6) is 0.849. The number of rotatable bonds is 7. The number of nitrogens with one attached hydrogen (secondary N) is 1. The molecule has 3 aliphatic rings. The molecule has 7 nitrogen and oxygen atoms in total. The van der Waals surface area contributed by atoms with Crippen molar-refractivity contribution in [3.8, 4) is 0 Å². The van der Waals surface area contributed by atoms with Gasteiger partial charge < -0.3 is 19.7 Å². The van der Waals surface area contributed by atoms with Gasteiger partial charge in [-0.05, 0) is 55.5 Å². The van der Waals surface area contributed by atoms with Crippen molar-refractivity contribution in [3.63, 3.8) is 0 Å². The fourth-order valence-electron chi connectivity index (χ4n) is 3.83. The number of hydrogen-bond acceptors (Lipinski definition) is 6. The Morgan fingerprint density at radius 2 is 1.94 bits per heavy atom. The van der Waals surface area contributed by atoms with Crippen molar-refractivity contribution in [3.05, 3.63) is 42.6 Å².